The third kappa shape index (κ3) is 11.3. The summed E-state index contributed by atoms with van der Waals surface area (Å²) >= 11 is 8.98. The molecule has 1 saturated heterocycles. The summed E-state index contributed by atoms with van der Waals surface area (Å²) in [4.78, 5) is 41.2. The smallest absolute Gasteiger partial charge is 0.374 e. The molecular formula is C30H36Cl2O9. The van der Waals surface area contributed by atoms with Crippen LogP contribution in [0.25, 0.3) is 0 Å². The molecule has 1 fully saturated rings. The Bertz CT molecular complexity index is 1120. The standard InChI is InChI=1S/C14H16O4.C10H12O2.C4H8O.C2Cl2O2/c1-9(15)14(16)18-13-8-7-12(17-2)10-5-3-4-6-11(10)13;11-9-5-6-10(12)8-4-2-1-3-7(8)9;1-2-4-5-3-1;3-1(5)2(4)6/h3-6,12-13H,7-8H2,1-2H3;1-4,9-12H,5-6H2;1-4H2;. The number of hydrogen-bond donors (Lipinski definition) is 2. The van der Waals surface area contributed by atoms with Crippen LogP contribution in [0, 0.1) is 0 Å². The van der Waals surface area contributed by atoms with Crippen LogP contribution >= 0.6 is 23.2 Å². The van der Waals surface area contributed by atoms with Gasteiger partial charge < -0.3 is 24.4 Å². The van der Waals surface area contributed by atoms with E-state index in [-0.39, 0.29) is 24.4 Å². The van der Waals surface area contributed by atoms with Crippen LogP contribution in [0.3, 0.4) is 0 Å². The Kier molecular flexibility index (Phi) is 15.2. The minimum Gasteiger partial charge on any atom is -0.452 e. The third-order valence-corrected chi connectivity index (χ3v) is 7.05. The fraction of sp³-hybridized carbons (Fsp3) is 0.467. The van der Waals surface area contributed by atoms with E-state index in [4.69, 9.17) is 14.2 Å². The third-order valence-electron chi connectivity index (χ3n) is 6.61. The zero-order valence-corrected chi connectivity index (χ0v) is 24.6. The number of Topliss-reactive ketones (excluding diaryl/α,β-unsaturated/α-hetero) is 1. The van der Waals surface area contributed by atoms with Crippen molar-refractivity contribution in [3.63, 3.8) is 0 Å². The molecule has 0 spiro atoms. The number of ketones is 1. The second-order valence-electron chi connectivity index (χ2n) is 9.49. The highest BCUT2D eigenvalue weighted by molar-refractivity contribution is 6.97. The molecule has 0 radical (unpaired) electrons. The number of methoxy groups -OCH3 is 1. The van der Waals surface area contributed by atoms with Crippen LogP contribution in [-0.2, 0) is 33.4 Å². The van der Waals surface area contributed by atoms with Gasteiger partial charge in [0.1, 0.15) is 6.10 Å². The number of carbonyl (C=O) groups is 4. The van der Waals surface area contributed by atoms with Crippen LogP contribution in [-0.4, -0.2) is 52.8 Å². The average Bonchev–Trinajstić information content (AvgIpc) is 3.57. The van der Waals surface area contributed by atoms with Crippen LogP contribution in [0.4, 0.5) is 0 Å². The van der Waals surface area contributed by atoms with Crippen LogP contribution < -0.4 is 0 Å². The van der Waals surface area contributed by atoms with E-state index in [0.717, 1.165) is 41.9 Å². The second kappa shape index (κ2) is 18.0. The van der Waals surface area contributed by atoms with Crippen molar-refractivity contribution < 1.29 is 43.6 Å². The summed E-state index contributed by atoms with van der Waals surface area (Å²) in [6, 6.07) is 15.2. The molecule has 2 aromatic rings. The lowest BCUT2D eigenvalue weighted by Crippen LogP contribution is -2.23. The fourth-order valence-corrected chi connectivity index (χ4v) is 4.55. The van der Waals surface area contributed by atoms with E-state index in [1.54, 1.807) is 7.11 Å². The first-order chi connectivity index (χ1) is 19.6. The molecule has 4 atom stereocenters. The summed E-state index contributed by atoms with van der Waals surface area (Å²) in [5.74, 6) is -1.34. The van der Waals surface area contributed by atoms with Crippen LogP contribution in [0.5, 0.6) is 0 Å². The molecule has 3 aliphatic rings. The van der Waals surface area contributed by atoms with Gasteiger partial charge in [-0.15, -0.1) is 0 Å². The van der Waals surface area contributed by atoms with Crippen molar-refractivity contribution in [3.05, 3.63) is 70.8 Å². The molecule has 1 aliphatic heterocycles. The number of esters is 1. The Morgan fingerprint density at radius 3 is 1.51 bits per heavy atom. The Morgan fingerprint density at radius 1 is 0.732 bits per heavy atom. The lowest BCUT2D eigenvalue weighted by molar-refractivity contribution is -0.158. The highest BCUT2D eigenvalue weighted by Gasteiger charge is 2.30. The minimum absolute atomic E-state index is 0.0356. The lowest BCUT2D eigenvalue weighted by atomic mass is 9.87. The molecule has 11 heteroatoms. The van der Waals surface area contributed by atoms with Gasteiger partial charge in [-0.25, -0.2) is 4.79 Å². The van der Waals surface area contributed by atoms with Crippen molar-refractivity contribution in [2.75, 3.05) is 20.3 Å². The molecule has 2 aromatic carbocycles. The van der Waals surface area contributed by atoms with Crippen molar-refractivity contribution in [2.45, 2.75) is 69.9 Å². The van der Waals surface area contributed by atoms with E-state index in [1.807, 2.05) is 48.5 Å². The highest BCUT2D eigenvalue weighted by atomic mass is 35.5. The monoisotopic (exact) mass is 610 g/mol. The fourth-order valence-electron chi connectivity index (χ4n) is 4.55. The summed E-state index contributed by atoms with van der Waals surface area (Å²) in [6.07, 6.45) is 4.26. The average molecular weight is 612 g/mol. The summed E-state index contributed by atoms with van der Waals surface area (Å²) in [6.45, 7) is 3.22. The van der Waals surface area contributed by atoms with Crippen LogP contribution in [0.1, 0.15) is 92.1 Å². The zero-order chi connectivity index (χ0) is 30.4. The van der Waals surface area contributed by atoms with E-state index < -0.39 is 22.2 Å². The molecule has 0 bridgehead atoms. The number of rotatable bonds is 4. The molecule has 4 unspecified atom stereocenters. The molecule has 2 N–H and O–H groups in total. The zero-order valence-electron chi connectivity index (χ0n) is 23.1. The number of carbonyl (C=O) groups excluding carboxylic acids is 4. The topological polar surface area (TPSA) is 136 Å². The SMILES string of the molecule is C1CCOC1.COC1CCC(OC(=O)C(C)=O)c2ccccc21.O=C(Cl)C(=O)Cl.OC1CCC(O)c2ccccc21. The molecule has 0 amide bonds. The van der Waals surface area contributed by atoms with Crippen molar-refractivity contribution in [1.82, 2.24) is 0 Å². The quantitative estimate of drug-likeness (QED) is 0.272. The maximum atomic E-state index is 11.4. The molecule has 9 nitrogen and oxygen atoms in total. The molecule has 0 aromatic heterocycles. The first-order valence-corrected chi connectivity index (χ1v) is 14.1. The van der Waals surface area contributed by atoms with Gasteiger partial charge in [-0.3, -0.25) is 14.4 Å². The number of ether oxygens (including phenoxy) is 3. The number of aliphatic hydroxyl groups excluding tert-OH is 2. The maximum absolute atomic E-state index is 11.4. The van der Waals surface area contributed by atoms with Gasteiger partial charge in [0.2, 0.25) is 5.78 Å². The first-order valence-electron chi connectivity index (χ1n) is 13.3. The van der Waals surface area contributed by atoms with Gasteiger partial charge >= 0.3 is 16.5 Å². The predicted octanol–water partition coefficient (Wildman–Crippen LogP) is 5.20. The van der Waals surface area contributed by atoms with Gasteiger partial charge in [0.15, 0.2) is 0 Å². The number of halogens is 2. The largest absolute Gasteiger partial charge is 0.452 e. The van der Waals surface area contributed by atoms with Gasteiger partial charge in [0.25, 0.3) is 0 Å². The van der Waals surface area contributed by atoms with Crippen LogP contribution in [0.15, 0.2) is 48.5 Å². The van der Waals surface area contributed by atoms with Crippen LogP contribution in [0.2, 0.25) is 0 Å². The van der Waals surface area contributed by atoms with E-state index in [1.165, 1.54) is 19.8 Å². The van der Waals surface area contributed by atoms with Crippen molar-refractivity contribution in [1.29, 1.82) is 0 Å². The Hall–Kier alpha value is -2.66. The minimum atomic E-state index is -1.14. The number of fused-ring (bicyclic) bond motifs is 2. The molecule has 41 heavy (non-hydrogen) atoms. The predicted molar refractivity (Wildman–Crippen MR) is 152 cm³/mol. The lowest BCUT2D eigenvalue weighted by Gasteiger charge is -2.30. The summed E-state index contributed by atoms with van der Waals surface area (Å²) in [5.41, 5.74) is 3.74. The maximum Gasteiger partial charge on any atom is 0.374 e. The molecular weight excluding hydrogens is 575 g/mol. The van der Waals surface area contributed by atoms with Gasteiger partial charge in [0, 0.05) is 27.2 Å². The van der Waals surface area contributed by atoms with Gasteiger partial charge in [-0.05, 0) is 84.0 Å². The summed E-state index contributed by atoms with van der Waals surface area (Å²) in [5, 5.41) is 16.9. The molecule has 5 rings (SSSR count). The van der Waals surface area contributed by atoms with E-state index in [9.17, 15) is 29.4 Å². The summed E-state index contributed by atoms with van der Waals surface area (Å²) < 4.78 is 15.6. The van der Waals surface area contributed by atoms with E-state index >= 15 is 0 Å². The molecule has 0 saturated carbocycles. The van der Waals surface area contributed by atoms with Gasteiger partial charge in [0.05, 0.1) is 18.3 Å². The summed E-state index contributed by atoms with van der Waals surface area (Å²) in [7, 11) is 1.67. The Balaban J connectivity index is 0.000000218. The number of hydrogen-bond acceptors (Lipinski definition) is 9. The normalized spacial score (nSPS) is 22.0. The number of benzene rings is 2. The molecule has 224 valence electrons. The van der Waals surface area contributed by atoms with Crippen molar-refractivity contribution in [2.24, 2.45) is 0 Å². The number of aliphatic hydroxyl groups is 2. The van der Waals surface area contributed by atoms with Crippen molar-refractivity contribution >= 4 is 45.4 Å². The molecule has 2 aliphatic carbocycles. The first kappa shape index (κ1) is 34.5. The van der Waals surface area contributed by atoms with Crippen molar-refractivity contribution in [3.8, 4) is 0 Å². The molecule has 1 heterocycles. The van der Waals surface area contributed by atoms with E-state index in [2.05, 4.69) is 23.2 Å². The highest BCUT2D eigenvalue weighted by Crippen LogP contribution is 2.39. The van der Waals surface area contributed by atoms with E-state index in [0.29, 0.717) is 19.3 Å². The van der Waals surface area contributed by atoms with Gasteiger partial charge in [-0.1, -0.05) is 48.5 Å². The second-order valence-corrected chi connectivity index (χ2v) is 10.2. The Morgan fingerprint density at radius 2 is 1.15 bits per heavy atom. The van der Waals surface area contributed by atoms with Gasteiger partial charge in [-0.2, -0.15) is 0 Å². The Labute approximate surface area is 249 Å².